The van der Waals surface area contributed by atoms with Gasteiger partial charge < -0.3 is 25.6 Å². The number of carboxylic acids is 1. The van der Waals surface area contributed by atoms with E-state index in [0.717, 1.165) is 5.56 Å². The van der Waals surface area contributed by atoms with Gasteiger partial charge in [0.15, 0.2) is 5.75 Å². The van der Waals surface area contributed by atoms with Crippen molar-refractivity contribution in [3.8, 4) is 11.5 Å². The summed E-state index contributed by atoms with van der Waals surface area (Å²) in [5, 5.41) is 24.3. The number of carbonyl (C=O) groups is 4. The summed E-state index contributed by atoms with van der Waals surface area (Å²) in [6.07, 6.45) is 0.141. The van der Waals surface area contributed by atoms with E-state index < -0.39 is 35.8 Å². The Morgan fingerprint density at radius 3 is 1.77 bits per heavy atom. The molecule has 4 N–H and O–H groups in total. The zero-order valence-electron chi connectivity index (χ0n) is 18.3. The molecular formula is C22H20Br2I2N2O7. The Morgan fingerprint density at radius 2 is 1.31 bits per heavy atom. The number of phenols is 1. The lowest BCUT2D eigenvalue weighted by Crippen LogP contribution is -2.43. The number of esters is 1. The number of nitrogens with one attached hydrogen (secondary N) is 2. The third-order valence-electron chi connectivity index (χ3n) is 4.55. The van der Waals surface area contributed by atoms with E-state index in [1.807, 2.05) is 45.2 Å². The number of amides is 2. The quantitative estimate of drug-likeness (QED) is 0.171. The van der Waals surface area contributed by atoms with E-state index in [1.54, 1.807) is 24.3 Å². The van der Waals surface area contributed by atoms with Gasteiger partial charge in [0.2, 0.25) is 11.8 Å². The summed E-state index contributed by atoms with van der Waals surface area (Å²) < 4.78 is 7.55. The fourth-order valence-electron chi connectivity index (χ4n) is 3.09. The van der Waals surface area contributed by atoms with Crippen molar-refractivity contribution in [2.75, 3.05) is 0 Å². The normalized spacial score (nSPS) is 12.4. The van der Waals surface area contributed by atoms with Crippen LogP contribution in [0.4, 0.5) is 0 Å². The maximum absolute atomic E-state index is 13.0. The van der Waals surface area contributed by atoms with Crippen molar-refractivity contribution in [3.05, 3.63) is 51.5 Å². The predicted octanol–water partition coefficient (Wildman–Crippen LogP) is 3.91. The van der Waals surface area contributed by atoms with Crippen molar-refractivity contribution in [2.24, 2.45) is 0 Å². The summed E-state index contributed by atoms with van der Waals surface area (Å²) in [6.45, 7) is 2.52. The van der Waals surface area contributed by atoms with Crippen LogP contribution in [0.25, 0.3) is 0 Å². The molecule has 0 saturated heterocycles. The smallest absolute Gasteiger partial charge is 0.334 e. The topological polar surface area (TPSA) is 142 Å². The molecule has 0 saturated carbocycles. The van der Waals surface area contributed by atoms with Gasteiger partial charge in [-0.1, -0.05) is 0 Å². The molecule has 2 rings (SSSR count). The van der Waals surface area contributed by atoms with Gasteiger partial charge in [-0.25, -0.2) is 9.59 Å². The van der Waals surface area contributed by atoms with E-state index in [2.05, 4.69) is 42.5 Å². The minimum atomic E-state index is -1.18. The van der Waals surface area contributed by atoms with Crippen LogP contribution in [-0.2, 0) is 32.0 Å². The largest absolute Gasteiger partial charge is 0.506 e. The fraction of sp³-hybridized carbons (Fsp3) is 0.273. The van der Waals surface area contributed by atoms with Crippen LogP contribution in [0.15, 0.2) is 33.2 Å². The molecule has 0 spiro atoms. The van der Waals surface area contributed by atoms with Gasteiger partial charge in [-0.2, -0.15) is 0 Å². The molecule has 0 aliphatic carbocycles. The van der Waals surface area contributed by atoms with Gasteiger partial charge in [-0.15, -0.1) is 0 Å². The Hall–Kier alpha value is -1.46. The summed E-state index contributed by atoms with van der Waals surface area (Å²) in [5.74, 6) is -2.49. The minimum absolute atomic E-state index is 0.00692. The SMILES string of the molecule is CC(=O)N[C@@H](Cc1cc(Br)c(OC(=O)[C@H](Cc2cc(I)c(O)c(I)c2)NC(C)=O)c(Br)c1)C(=O)O. The van der Waals surface area contributed by atoms with Gasteiger partial charge in [0, 0.05) is 26.7 Å². The first-order valence-electron chi connectivity index (χ1n) is 9.92. The Kier molecular flexibility index (Phi) is 11.2. The average Bonchev–Trinajstić information content (AvgIpc) is 2.72. The highest BCUT2D eigenvalue weighted by Crippen LogP contribution is 2.36. The van der Waals surface area contributed by atoms with E-state index in [4.69, 9.17) is 4.74 Å². The Balaban J connectivity index is 2.26. The van der Waals surface area contributed by atoms with Crippen LogP contribution in [0.1, 0.15) is 25.0 Å². The Labute approximate surface area is 245 Å². The number of hydrogen-bond donors (Lipinski definition) is 4. The van der Waals surface area contributed by atoms with Gasteiger partial charge in [0.05, 0.1) is 16.1 Å². The lowest BCUT2D eigenvalue weighted by molar-refractivity contribution is -0.141. The Bertz CT molecular complexity index is 1130. The number of aliphatic carboxylic acids is 1. The third-order valence-corrected chi connectivity index (χ3v) is 7.38. The molecule has 0 bridgehead atoms. The number of benzene rings is 2. The van der Waals surface area contributed by atoms with Crippen LogP contribution in [0.5, 0.6) is 11.5 Å². The number of carbonyl (C=O) groups excluding carboxylic acids is 3. The van der Waals surface area contributed by atoms with Gasteiger partial charge in [0.25, 0.3) is 0 Å². The molecule has 0 unspecified atom stereocenters. The monoisotopic (exact) mass is 836 g/mol. The molecule has 13 heteroatoms. The number of carboxylic acid groups (broad SMARTS) is 1. The second-order valence-corrected chi connectivity index (χ2v) is 11.5. The Morgan fingerprint density at radius 1 is 0.886 bits per heavy atom. The number of halogens is 4. The van der Waals surface area contributed by atoms with Crippen LogP contribution in [-0.4, -0.2) is 46.0 Å². The summed E-state index contributed by atoms with van der Waals surface area (Å²) >= 11 is 10.6. The molecule has 188 valence electrons. The molecule has 0 aromatic heterocycles. The summed E-state index contributed by atoms with van der Waals surface area (Å²) in [6, 6.07) is 4.48. The van der Waals surface area contributed by atoms with Crippen LogP contribution in [0.3, 0.4) is 0 Å². The fourth-order valence-corrected chi connectivity index (χ4v) is 6.43. The molecule has 0 radical (unpaired) electrons. The van der Waals surface area contributed by atoms with Gasteiger partial charge in [0.1, 0.15) is 17.8 Å². The van der Waals surface area contributed by atoms with Gasteiger partial charge >= 0.3 is 11.9 Å². The first-order valence-corrected chi connectivity index (χ1v) is 13.7. The highest BCUT2D eigenvalue weighted by molar-refractivity contribution is 14.1. The lowest BCUT2D eigenvalue weighted by atomic mass is 10.1. The molecule has 0 heterocycles. The first-order chi connectivity index (χ1) is 16.3. The van der Waals surface area contributed by atoms with Crippen molar-refractivity contribution in [1.82, 2.24) is 10.6 Å². The second kappa shape index (κ2) is 13.2. The molecule has 9 nitrogen and oxygen atoms in total. The standard InChI is InChI=1S/C22H20Br2I2N2O7/c1-9(29)27-17(21(32)33)7-11-3-13(23)20(14(24)4-11)35-22(34)18(28-10(2)30)8-12-5-15(25)19(31)16(26)6-12/h3-6,17-18,31H,7-8H2,1-2H3,(H,27,29)(H,28,30)(H,32,33)/t17-,18-/m0/s1. The molecule has 2 aromatic rings. The van der Waals surface area contributed by atoms with Crippen molar-refractivity contribution in [2.45, 2.75) is 38.8 Å². The number of ether oxygens (including phenoxy) is 1. The second-order valence-electron chi connectivity index (χ2n) is 7.47. The molecule has 2 atom stereocenters. The van der Waals surface area contributed by atoms with E-state index in [9.17, 15) is 29.4 Å². The number of hydrogen-bond acceptors (Lipinski definition) is 6. The summed E-state index contributed by atoms with van der Waals surface area (Å²) in [5.41, 5.74) is 1.29. The van der Waals surface area contributed by atoms with Crippen molar-refractivity contribution in [1.29, 1.82) is 0 Å². The van der Waals surface area contributed by atoms with Crippen molar-refractivity contribution in [3.63, 3.8) is 0 Å². The van der Waals surface area contributed by atoms with E-state index in [0.29, 0.717) is 21.6 Å². The molecule has 35 heavy (non-hydrogen) atoms. The van der Waals surface area contributed by atoms with Crippen molar-refractivity contribution < 1.29 is 34.1 Å². The van der Waals surface area contributed by atoms with E-state index in [-0.39, 0.29) is 24.3 Å². The predicted molar refractivity (Wildman–Crippen MR) is 151 cm³/mol. The summed E-state index contributed by atoms with van der Waals surface area (Å²) in [7, 11) is 0. The van der Waals surface area contributed by atoms with Crippen LogP contribution >= 0.6 is 77.0 Å². The maximum Gasteiger partial charge on any atom is 0.334 e. The third kappa shape index (κ3) is 8.86. The minimum Gasteiger partial charge on any atom is -0.506 e. The maximum atomic E-state index is 13.0. The first kappa shape index (κ1) is 29.8. The molecule has 2 aromatic carbocycles. The number of phenolic OH excluding ortho intramolecular Hbond substituents is 1. The molecular weight excluding hydrogens is 818 g/mol. The number of rotatable bonds is 9. The highest BCUT2D eigenvalue weighted by atomic mass is 127. The van der Waals surface area contributed by atoms with Crippen LogP contribution < -0.4 is 15.4 Å². The van der Waals surface area contributed by atoms with Gasteiger partial charge in [-0.3, -0.25) is 9.59 Å². The average molecular weight is 838 g/mol. The molecule has 2 amide bonds. The van der Waals surface area contributed by atoms with Crippen LogP contribution in [0.2, 0.25) is 0 Å². The van der Waals surface area contributed by atoms with Crippen molar-refractivity contribution >= 4 is 101 Å². The van der Waals surface area contributed by atoms with E-state index in [1.165, 1.54) is 13.8 Å². The zero-order valence-corrected chi connectivity index (χ0v) is 25.8. The lowest BCUT2D eigenvalue weighted by Gasteiger charge is -2.19. The molecule has 0 aliphatic rings. The number of aromatic hydroxyl groups is 1. The van der Waals surface area contributed by atoms with Gasteiger partial charge in [-0.05, 0) is 112 Å². The van der Waals surface area contributed by atoms with Crippen LogP contribution in [0, 0.1) is 7.14 Å². The molecule has 0 fully saturated rings. The highest BCUT2D eigenvalue weighted by Gasteiger charge is 2.26. The van der Waals surface area contributed by atoms with E-state index >= 15 is 0 Å². The summed E-state index contributed by atoms with van der Waals surface area (Å²) in [4.78, 5) is 47.5. The zero-order chi connectivity index (χ0) is 26.4. The molecule has 0 aliphatic heterocycles.